The molecule has 4 bridgehead atoms. The van der Waals surface area contributed by atoms with Gasteiger partial charge in [0.2, 0.25) is 5.91 Å². The van der Waals surface area contributed by atoms with Crippen LogP contribution < -0.4 is 16.6 Å². The van der Waals surface area contributed by atoms with Crippen LogP contribution in [0.2, 0.25) is 0 Å². The molecule has 2 aromatic heterocycles. The highest BCUT2D eigenvalue weighted by Crippen LogP contribution is 2.61. The first-order valence-electron chi connectivity index (χ1n) is 13.5. The minimum atomic E-state index is -0.555. The average molecular weight is 500 g/mol. The zero-order valence-electron chi connectivity index (χ0n) is 21.3. The number of carbonyl (C=O) groups excluding carboxylic acids is 2. The van der Waals surface area contributed by atoms with Gasteiger partial charge in [0, 0.05) is 19.5 Å². The SMILES string of the molecule is CCCCn1c(=O)[nH]c(=O)c2c1nc(COC(=O)CNC(=O)CC13CC4CC(CC(C4)C1)C3)n2CC. The molecule has 2 aromatic rings. The summed E-state index contributed by atoms with van der Waals surface area (Å²) >= 11 is 0. The Morgan fingerprint density at radius 2 is 1.75 bits per heavy atom. The molecule has 1 amide bonds. The summed E-state index contributed by atoms with van der Waals surface area (Å²) in [6, 6.07) is 0. The van der Waals surface area contributed by atoms with Crippen molar-refractivity contribution in [3.05, 3.63) is 26.7 Å². The van der Waals surface area contributed by atoms with E-state index < -0.39 is 17.2 Å². The molecule has 10 heteroatoms. The van der Waals surface area contributed by atoms with Crippen molar-refractivity contribution in [1.82, 2.24) is 24.4 Å². The third-order valence-electron chi connectivity index (χ3n) is 8.51. The lowest BCUT2D eigenvalue weighted by Crippen LogP contribution is -2.48. The summed E-state index contributed by atoms with van der Waals surface area (Å²) in [7, 11) is 0. The number of esters is 1. The van der Waals surface area contributed by atoms with Gasteiger partial charge in [-0.1, -0.05) is 13.3 Å². The quantitative estimate of drug-likeness (QED) is 0.484. The number of hydrogen-bond donors (Lipinski definition) is 2. The fraction of sp³-hybridized carbons (Fsp3) is 0.731. The van der Waals surface area contributed by atoms with Gasteiger partial charge in [0.15, 0.2) is 11.2 Å². The second kappa shape index (κ2) is 9.86. The van der Waals surface area contributed by atoms with Crippen LogP contribution >= 0.6 is 0 Å². The van der Waals surface area contributed by atoms with E-state index in [1.807, 2.05) is 13.8 Å². The lowest BCUT2D eigenvalue weighted by atomic mass is 9.49. The summed E-state index contributed by atoms with van der Waals surface area (Å²) in [6.45, 7) is 4.41. The Hall–Kier alpha value is -2.91. The van der Waals surface area contributed by atoms with Crippen LogP contribution in [-0.4, -0.2) is 37.5 Å². The van der Waals surface area contributed by atoms with E-state index in [2.05, 4.69) is 15.3 Å². The van der Waals surface area contributed by atoms with Crippen molar-refractivity contribution in [2.75, 3.05) is 6.54 Å². The number of hydrogen-bond acceptors (Lipinski definition) is 6. The number of aromatic amines is 1. The molecule has 0 aromatic carbocycles. The van der Waals surface area contributed by atoms with E-state index in [0.29, 0.717) is 36.5 Å². The Bertz CT molecular complexity index is 1240. The van der Waals surface area contributed by atoms with Gasteiger partial charge in [0.05, 0.1) is 0 Å². The predicted octanol–water partition coefficient (Wildman–Crippen LogP) is 2.47. The largest absolute Gasteiger partial charge is 0.456 e. The van der Waals surface area contributed by atoms with Gasteiger partial charge in [-0.3, -0.25) is 23.9 Å². The van der Waals surface area contributed by atoms with Crippen LogP contribution in [0, 0.1) is 23.2 Å². The van der Waals surface area contributed by atoms with Gasteiger partial charge in [0.1, 0.15) is 19.0 Å². The number of ether oxygens (including phenoxy) is 1. The van der Waals surface area contributed by atoms with Gasteiger partial charge < -0.3 is 14.6 Å². The number of aromatic nitrogens is 4. The minimum Gasteiger partial charge on any atom is -0.456 e. The highest BCUT2D eigenvalue weighted by atomic mass is 16.5. The van der Waals surface area contributed by atoms with Gasteiger partial charge in [0.25, 0.3) is 5.56 Å². The number of nitrogens with one attached hydrogen (secondary N) is 2. The average Bonchev–Trinajstić information content (AvgIpc) is 3.19. The van der Waals surface area contributed by atoms with Crippen molar-refractivity contribution in [3.8, 4) is 0 Å². The lowest BCUT2D eigenvalue weighted by Gasteiger charge is -2.56. The number of rotatable bonds is 10. The number of fused-ring (bicyclic) bond motifs is 1. The second-order valence-electron chi connectivity index (χ2n) is 11.2. The van der Waals surface area contributed by atoms with E-state index in [4.69, 9.17) is 4.74 Å². The van der Waals surface area contributed by atoms with Gasteiger partial charge >= 0.3 is 11.7 Å². The molecule has 36 heavy (non-hydrogen) atoms. The first kappa shape index (κ1) is 24.8. The molecule has 4 aliphatic carbocycles. The van der Waals surface area contributed by atoms with E-state index in [-0.39, 0.29) is 24.5 Å². The number of carbonyl (C=O) groups is 2. The number of aryl methyl sites for hydroxylation is 2. The van der Waals surface area contributed by atoms with Crippen LogP contribution in [0.25, 0.3) is 11.2 Å². The van der Waals surface area contributed by atoms with Crippen LogP contribution in [0.5, 0.6) is 0 Å². The summed E-state index contributed by atoms with van der Waals surface area (Å²) in [5.74, 6) is 2.08. The highest BCUT2D eigenvalue weighted by Gasteiger charge is 2.51. The fourth-order valence-electron chi connectivity index (χ4n) is 7.47. The lowest BCUT2D eigenvalue weighted by molar-refractivity contribution is -0.146. The topological polar surface area (TPSA) is 128 Å². The summed E-state index contributed by atoms with van der Waals surface area (Å²) in [6.07, 6.45) is 9.58. The van der Waals surface area contributed by atoms with Gasteiger partial charge in [-0.2, -0.15) is 0 Å². The molecular formula is C26H37N5O5. The van der Waals surface area contributed by atoms with Gasteiger partial charge in [-0.15, -0.1) is 0 Å². The highest BCUT2D eigenvalue weighted by molar-refractivity contribution is 5.82. The van der Waals surface area contributed by atoms with Crippen molar-refractivity contribution >= 4 is 23.0 Å². The summed E-state index contributed by atoms with van der Waals surface area (Å²) in [5, 5.41) is 2.76. The summed E-state index contributed by atoms with van der Waals surface area (Å²) in [4.78, 5) is 56.9. The van der Waals surface area contributed by atoms with E-state index >= 15 is 0 Å². The zero-order valence-corrected chi connectivity index (χ0v) is 21.3. The molecule has 0 spiro atoms. The maximum atomic E-state index is 12.7. The monoisotopic (exact) mass is 499 g/mol. The fourth-order valence-corrected chi connectivity index (χ4v) is 7.47. The van der Waals surface area contributed by atoms with Crippen molar-refractivity contribution in [3.63, 3.8) is 0 Å². The van der Waals surface area contributed by atoms with Crippen LogP contribution in [-0.2, 0) is 34.0 Å². The maximum absolute atomic E-state index is 12.7. The Morgan fingerprint density at radius 1 is 1.08 bits per heavy atom. The van der Waals surface area contributed by atoms with Crippen LogP contribution in [0.3, 0.4) is 0 Å². The summed E-state index contributed by atoms with van der Waals surface area (Å²) < 4.78 is 8.52. The third kappa shape index (κ3) is 4.74. The standard InChI is InChI=1S/C26H37N5O5/c1-3-5-6-31-23-22(24(34)29-25(31)35)30(4-2)19(28-23)15-36-21(33)14-27-20(32)13-26-10-16-7-17(11-26)9-18(8-16)12-26/h16-18H,3-15H2,1-2H3,(H,27,32)(H,29,34,35). The van der Waals surface area contributed by atoms with Crippen LogP contribution in [0.1, 0.15) is 77.5 Å². The molecule has 6 rings (SSSR count). The molecule has 0 unspecified atom stereocenters. The number of amides is 1. The normalized spacial score (nSPS) is 26.4. The molecule has 10 nitrogen and oxygen atoms in total. The molecule has 0 radical (unpaired) electrons. The molecule has 0 aliphatic heterocycles. The van der Waals surface area contributed by atoms with E-state index in [1.165, 1.54) is 23.8 Å². The molecule has 0 saturated heterocycles. The van der Waals surface area contributed by atoms with Crippen molar-refractivity contribution in [2.24, 2.45) is 23.2 Å². The van der Waals surface area contributed by atoms with E-state index in [0.717, 1.165) is 49.9 Å². The van der Waals surface area contributed by atoms with Crippen LogP contribution in [0.4, 0.5) is 0 Å². The van der Waals surface area contributed by atoms with Gasteiger partial charge in [-0.25, -0.2) is 9.78 Å². The Balaban J connectivity index is 1.20. The second-order valence-corrected chi connectivity index (χ2v) is 11.2. The first-order valence-corrected chi connectivity index (χ1v) is 13.5. The Kier molecular flexibility index (Phi) is 6.78. The molecule has 2 N–H and O–H groups in total. The maximum Gasteiger partial charge on any atom is 0.330 e. The molecule has 4 saturated carbocycles. The number of nitrogens with zero attached hydrogens (tertiary/aromatic N) is 3. The smallest absolute Gasteiger partial charge is 0.330 e. The Morgan fingerprint density at radius 3 is 2.36 bits per heavy atom. The molecule has 4 fully saturated rings. The first-order chi connectivity index (χ1) is 17.3. The predicted molar refractivity (Wildman–Crippen MR) is 133 cm³/mol. The zero-order chi connectivity index (χ0) is 25.4. The minimum absolute atomic E-state index is 0.0822. The molecule has 0 atom stereocenters. The van der Waals surface area contributed by atoms with Gasteiger partial charge in [-0.05, 0) is 75.0 Å². The molecule has 4 aliphatic rings. The van der Waals surface area contributed by atoms with Crippen molar-refractivity contribution in [1.29, 1.82) is 0 Å². The van der Waals surface area contributed by atoms with E-state index in [9.17, 15) is 19.2 Å². The van der Waals surface area contributed by atoms with Crippen molar-refractivity contribution < 1.29 is 14.3 Å². The Labute approximate surface area is 209 Å². The molecule has 2 heterocycles. The number of H-pyrrole nitrogens is 1. The third-order valence-corrected chi connectivity index (χ3v) is 8.51. The van der Waals surface area contributed by atoms with Crippen LogP contribution in [0.15, 0.2) is 9.59 Å². The van der Waals surface area contributed by atoms with Crippen molar-refractivity contribution in [2.45, 2.75) is 91.3 Å². The number of imidazole rings is 1. The number of unbranched alkanes of at least 4 members (excludes halogenated alkanes) is 1. The molecule has 196 valence electrons. The van der Waals surface area contributed by atoms with E-state index in [1.54, 1.807) is 4.57 Å². The summed E-state index contributed by atoms with van der Waals surface area (Å²) in [5.41, 5.74) is -0.286. The molecular weight excluding hydrogens is 462 g/mol.